The van der Waals surface area contributed by atoms with Gasteiger partial charge in [0.25, 0.3) is 0 Å². The first-order valence-corrected chi connectivity index (χ1v) is 6.63. The predicted octanol–water partition coefficient (Wildman–Crippen LogP) is 3.03. The van der Waals surface area contributed by atoms with Crippen LogP contribution in [0.25, 0.3) is 0 Å². The minimum atomic E-state index is 0.361. The van der Waals surface area contributed by atoms with Crippen LogP contribution in [0.4, 0.5) is 5.69 Å². The summed E-state index contributed by atoms with van der Waals surface area (Å²) in [7, 11) is 0. The quantitative estimate of drug-likeness (QED) is 0.662. The van der Waals surface area contributed by atoms with E-state index in [1.54, 1.807) is 0 Å². The van der Waals surface area contributed by atoms with Gasteiger partial charge in [-0.15, -0.1) is 0 Å². The summed E-state index contributed by atoms with van der Waals surface area (Å²) in [5.41, 5.74) is 8.90. The molecule has 0 radical (unpaired) electrons. The second kappa shape index (κ2) is 6.23. The van der Waals surface area contributed by atoms with Crippen molar-refractivity contribution in [2.45, 2.75) is 33.2 Å². The summed E-state index contributed by atoms with van der Waals surface area (Å²) in [6.45, 7) is 6.56. The molecule has 0 fully saturated rings. The fraction of sp³-hybridized carbons (Fsp3) is 0.333. The molecular weight excluding hydrogens is 252 g/mol. The molecule has 0 unspecified atom stereocenters. The van der Waals surface area contributed by atoms with E-state index in [2.05, 4.69) is 41.4 Å². The molecule has 1 aromatic heterocycles. The van der Waals surface area contributed by atoms with Crippen molar-refractivity contribution in [3.05, 3.63) is 47.3 Å². The molecule has 0 spiro atoms. The molecular formula is C15H20N4O. The highest BCUT2D eigenvalue weighted by molar-refractivity contribution is 5.92. The summed E-state index contributed by atoms with van der Waals surface area (Å²) in [4.78, 5) is 4.23. The highest BCUT2D eigenvalue weighted by Crippen LogP contribution is 2.18. The van der Waals surface area contributed by atoms with Gasteiger partial charge in [0.05, 0.1) is 5.69 Å². The standard InChI is InChI=1S/C15H20N4O/c1-10(2)12-5-4-6-13(8-12)18-15(16)17-9-14-7-11(3)19-20-14/h4-8,10H,9H2,1-3H3,(H3,16,17,18). The predicted molar refractivity (Wildman–Crippen MR) is 80.7 cm³/mol. The Morgan fingerprint density at radius 2 is 2.20 bits per heavy atom. The first-order valence-electron chi connectivity index (χ1n) is 6.63. The van der Waals surface area contributed by atoms with Crippen molar-refractivity contribution in [2.24, 2.45) is 10.7 Å². The maximum absolute atomic E-state index is 5.86. The number of anilines is 1. The van der Waals surface area contributed by atoms with Crippen LogP contribution in [-0.2, 0) is 6.54 Å². The third-order valence-corrected chi connectivity index (χ3v) is 2.91. The monoisotopic (exact) mass is 272 g/mol. The topological polar surface area (TPSA) is 76.4 Å². The van der Waals surface area contributed by atoms with Gasteiger partial charge in [-0.05, 0) is 30.5 Å². The number of aromatic nitrogens is 1. The lowest BCUT2D eigenvalue weighted by molar-refractivity contribution is 0.381. The van der Waals surface area contributed by atoms with E-state index < -0.39 is 0 Å². The second-order valence-corrected chi connectivity index (χ2v) is 5.04. The molecule has 2 rings (SSSR count). The van der Waals surface area contributed by atoms with Crippen LogP contribution in [0.3, 0.4) is 0 Å². The number of guanidine groups is 1. The van der Waals surface area contributed by atoms with E-state index in [0.717, 1.165) is 11.4 Å². The van der Waals surface area contributed by atoms with Crippen LogP contribution in [0.1, 0.15) is 36.8 Å². The van der Waals surface area contributed by atoms with E-state index in [0.29, 0.717) is 24.2 Å². The average molecular weight is 272 g/mol. The summed E-state index contributed by atoms with van der Waals surface area (Å²) in [5, 5.41) is 6.88. The van der Waals surface area contributed by atoms with E-state index in [4.69, 9.17) is 10.3 Å². The van der Waals surface area contributed by atoms with Gasteiger partial charge in [-0.2, -0.15) is 0 Å². The molecule has 0 saturated heterocycles. The number of rotatable bonds is 4. The summed E-state index contributed by atoms with van der Waals surface area (Å²) in [5.74, 6) is 1.54. The Bertz CT molecular complexity index is 601. The van der Waals surface area contributed by atoms with Crippen LogP contribution in [0, 0.1) is 6.92 Å². The van der Waals surface area contributed by atoms with Gasteiger partial charge in [0.15, 0.2) is 11.7 Å². The maximum Gasteiger partial charge on any atom is 0.193 e. The molecule has 1 aromatic carbocycles. The first kappa shape index (κ1) is 14.1. The van der Waals surface area contributed by atoms with Gasteiger partial charge in [0, 0.05) is 11.8 Å². The largest absolute Gasteiger partial charge is 0.370 e. The van der Waals surface area contributed by atoms with Crippen LogP contribution < -0.4 is 11.1 Å². The zero-order chi connectivity index (χ0) is 14.5. The normalized spacial score (nSPS) is 11.9. The number of hydrogen-bond acceptors (Lipinski definition) is 3. The van der Waals surface area contributed by atoms with Gasteiger partial charge in [-0.3, -0.25) is 0 Å². The molecule has 1 heterocycles. The van der Waals surface area contributed by atoms with Crippen molar-refractivity contribution in [2.75, 3.05) is 5.32 Å². The molecule has 5 heteroatoms. The average Bonchev–Trinajstić information content (AvgIpc) is 2.82. The zero-order valence-corrected chi connectivity index (χ0v) is 12.1. The van der Waals surface area contributed by atoms with Crippen molar-refractivity contribution in [3.63, 3.8) is 0 Å². The molecule has 5 nitrogen and oxygen atoms in total. The number of aliphatic imine (C=N–C) groups is 1. The molecule has 0 amide bonds. The Balaban J connectivity index is 2.00. The zero-order valence-electron chi connectivity index (χ0n) is 12.1. The number of hydrogen-bond donors (Lipinski definition) is 2. The number of nitrogens with one attached hydrogen (secondary N) is 1. The maximum atomic E-state index is 5.86. The fourth-order valence-corrected chi connectivity index (χ4v) is 1.82. The minimum absolute atomic E-state index is 0.361. The SMILES string of the molecule is Cc1cc(CN=C(N)Nc2cccc(C(C)C)c2)on1. The third kappa shape index (κ3) is 3.85. The van der Waals surface area contributed by atoms with Gasteiger partial charge in [-0.1, -0.05) is 31.1 Å². The first-order chi connectivity index (χ1) is 9.54. The van der Waals surface area contributed by atoms with Crippen molar-refractivity contribution in [1.29, 1.82) is 0 Å². The molecule has 3 N–H and O–H groups in total. The molecule has 0 saturated carbocycles. The highest BCUT2D eigenvalue weighted by Gasteiger charge is 2.02. The summed E-state index contributed by atoms with van der Waals surface area (Å²) < 4.78 is 5.08. The lowest BCUT2D eigenvalue weighted by Crippen LogP contribution is -2.22. The molecule has 0 atom stereocenters. The number of nitrogens with two attached hydrogens (primary N) is 1. The van der Waals surface area contributed by atoms with Crippen LogP contribution in [0.2, 0.25) is 0 Å². The van der Waals surface area contributed by atoms with Gasteiger partial charge in [-0.25, -0.2) is 4.99 Å². The van der Waals surface area contributed by atoms with E-state index in [-0.39, 0.29) is 0 Å². The van der Waals surface area contributed by atoms with Gasteiger partial charge >= 0.3 is 0 Å². The van der Waals surface area contributed by atoms with Crippen LogP contribution in [-0.4, -0.2) is 11.1 Å². The molecule has 20 heavy (non-hydrogen) atoms. The van der Waals surface area contributed by atoms with Gasteiger partial charge in [0.2, 0.25) is 0 Å². The van der Waals surface area contributed by atoms with Crippen molar-refractivity contribution in [3.8, 4) is 0 Å². The molecule has 0 bridgehead atoms. The Morgan fingerprint density at radius 3 is 2.85 bits per heavy atom. The lowest BCUT2D eigenvalue weighted by atomic mass is 10.0. The number of benzene rings is 1. The van der Waals surface area contributed by atoms with Crippen molar-refractivity contribution >= 4 is 11.6 Å². The molecule has 0 aliphatic rings. The molecule has 0 aliphatic heterocycles. The second-order valence-electron chi connectivity index (χ2n) is 5.04. The molecule has 106 valence electrons. The molecule has 0 aliphatic carbocycles. The van der Waals surface area contributed by atoms with E-state index >= 15 is 0 Å². The highest BCUT2D eigenvalue weighted by atomic mass is 16.5. The Morgan fingerprint density at radius 1 is 1.40 bits per heavy atom. The Kier molecular flexibility index (Phi) is 4.40. The van der Waals surface area contributed by atoms with Crippen LogP contribution >= 0.6 is 0 Å². The van der Waals surface area contributed by atoms with E-state index in [1.807, 2.05) is 25.1 Å². The van der Waals surface area contributed by atoms with Crippen molar-refractivity contribution < 1.29 is 4.52 Å². The summed E-state index contributed by atoms with van der Waals surface area (Å²) >= 11 is 0. The van der Waals surface area contributed by atoms with E-state index in [9.17, 15) is 0 Å². The molecule has 2 aromatic rings. The minimum Gasteiger partial charge on any atom is -0.370 e. The third-order valence-electron chi connectivity index (χ3n) is 2.91. The lowest BCUT2D eigenvalue weighted by Gasteiger charge is -2.09. The smallest absolute Gasteiger partial charge is 0.193 e. The fourth-order valence-electron chi connectivity index (χ4n) is 1.82. The number of nitrogens with zero attached hydrogens (tertiary/aromatic N) is 2. The Hall–Kier alpha value is -2.30. The number of aryl methyl sites for hydroxylation is 1. The van der Waals surface area contributed by atoms with E-state index in [1.165, 1.54) is 5.56 Å². The summed E-state index contributed by atoms with van der Waals surface area (Å²) in [6.07, 6.45) is 0. The van der Waals surface area contributed by atoms with Crippen molar-refractivity contribution in [1.82, 2.24) is 5.16 Å². The Labute approximate surface area is 118 Å². The van der Waals surface area contributed by atoms with Crippen LogP contribution in [0.5, 0.6) is 0 Å². The van der Waals surface area contributed by atoms with Crippen LogP contribution in [0.15, 0.2) is 39.8 Å². The summed E-state index contributed by atoms with van der Waals surface area (Å²) in [6, 6.07) is 9.99. The van der Waals surface area contributed by atoms with Gasteiger partial charge in [0.1, 0.15) is 6.54 Å². The van der Waals surface area contributed by atoms with Gasteiger partial charge < -0.3 is 15.6 Å².